The number of allylic oxidation sites excluding steroid dienone is 6. The van der Waals surface area contributed by atoms with Crippen molar-refractivity contribution < 1.29 is 19.1 Å². The highest BCUT2D eigenvalue weighted by atomic mass is 16.5. The van der Waals surface area contributed by atoms with Crippen LogP contribution in [0.1, 0.15) is 19.3 Å². The smallest absolute Gasteiger partial charge is 0.323 e. The predicted octanol–water partition coefficient (Wildman–Crippen LogP) is 2.17. The van der Waals surface area contributed by atoms with Crippen molar-refractivity contribution in [1.82, 2.24) is 0 Å². The third-order valence-electron chi connectivity index (χ3n) is 4.80. The molecule has 0 N–H and O–H groups in total. The molecule has 1 saturated carbocycles. The van der Waals surface area contributed by atoms with E-state index in [2.05, 4.69) is 18.2 Å². The molecular weight excluding hydrogens is 256 g/mol. The van der Waals surface area contributed by atoms with E-state index in [-0.39, 0.29) is 5.41 Å². The van der Waals surface area contributed by atoms with Crippen molar-refractivity contribution in [2.24, 2.45) is 16.7 Å². The lowest BCUT2D eigenvalue weighted by Gasteiger charge is -2.27. The van der Waals surface area contributed by atoms with Gasteiger partial charge in [0.15, 0.2) is 5.41 Å². The molecule has 1 fully saturated rings. The van der Waals surface area contributed by atoms with Crippen molar-refractivity contribution in [3.63, 3.8) is 0 Å². The van der Waals surface area contributed by atoms with E-state index in [1.54, 1.807) is 0 Å². The van der Waals surface area contributed by atoms with Crippen LogP contribution in [0.4, 0.5) is 0 Å². The van der Waals surface area contributed by atoms with Gasteiger partial charge in [-0.3, -0.25) is 9.59 Å². The molecule has 0 aromatic carbocycles. The summed E-state index contributed by atoms with van der Waals surface area (Å²) in [5.74, 6) is -0.583. The second kappa shape index (κ2) is 4.33. The number of carbonyl (C=O) groups is 2. The fourth-order valence-corrected chi connectivity index (χ4v) is 3.95. The van der Waals surface area contributed by atoms with Gasteiger partial charge in [0.2, 0.25) is 0 Å². The highest BCUT2D eigenvalue weighted by Crippen LogP contribution is 2.61. The van der Waals surface area contributed by atoms with Crippen molar-refractivity contribution in [2.75, 3.05) is 14.2 Å². The van der Waals surface area contributed by atoms with Gasteiger partial charge in [-0.05, 0) is 25.2 Å². The van der Waals surface area contributed by atoms with Crippen LogP contribution in [0.25, 0.3) is 0 Å². The molecule has 4 nitrogen and oxygen atoms in total. The van der Waals surface area contributed by atoms with Crippen molar-refractivity contribution in [3.8, 4) is 0 Å². The van der Waals surface area contributed by atoms with Gasteiger partial charge in [0, 0.05) is 5.41 Å². The summed E-state index contributed by atoms with van der Waals surface area (Å²) in [6.45, 7) is 0. The summed E-state index contributed by atoms with van der Waals surface area (Å²) in [4.78, 5) is 24.4. The Morgan fingerprint density at radius 1 is 1.20 bits per heavy atom. The van der Waals surface area contributed by atoms with Crippen molar-refractivity contribution >= 4 is 11.9 Å². The summed E-state index contributed by atoms with van der Waals surface area (Å²) in [5.41, 5.74) is -0.218. The zero-order valence-corrected chi connectivity index (χ0v) is 11.7. The number of carbonyl (C=O) groups excluding carboxylic acids is 2. The SMILES string of the molecule is COC(=O)C1(C(=O)OC)CC2=CC3C=CC=CC2(C3)C1. The van der Waals surface area contributed by atoms with Gasteiger partial charge < -0.3 is 9.47 Å². The second-order valence-electron chi connectivity index (χ2n) is 5.88. The fourth-order valence-electron chi connectivity index (χ4n) is 3.95. The van der Waals surface area contributed by atoms with Crippen LogP contribution in [0, 0.1) is 16.7 Å². The summed E-state index contributed by atoms with van der Waals surface area (Å²) in [5, 5.41) is 0. The Bertz CT molecular complexity index is 539. The van der Waals surface area contributed by atoms with E-state index in [1.807, 2.05) is 12.2 Å². The van der Waals surface area contributed by atoms with E-state index < -0.39 is 17.4 Å². The van der Waals surface area contributed by atoms with Gasteiger partial charge in [-0.15, -0.1) is 0 Å². The molecule has 106 valence electrons. The van der Waals surface area contributed by atoms with Gasteiger partial charge in [-0.2, -0.15) is 0 Å². The number of hydrogen-bond acceptors (Lipinski definition) is 4. The Morgan fingerprint density at radius 3 is 2.55 bits per heavy atom. The molecule has 3 aliphatic rings. The zero-order chi connectivity index (χ0) is 14.4. The molecule has 0 heterocycles. The first-order valence-corrected chi connectivity index (χ1v) is 6.80. The number of esters is 2. The van der Waals surface area contributed by atoms with E-state index in [9.17, 15) is 9.59 Å². The molecule has 0 saturated heterocycles. The lowest BCUT2D eigenvalue weighted by molar-refractivity contribution is -0.169. The number of hydrogen-bond donors (Lipinski definition) is 0. The average molecular weight is 274 g/mol. The van der Waals surface area contributed by atoms with Crippen LogP contribution in [-0.2, 0) is 19.1 Å². The number of rotatable bonds is 2. The molecular formula is C16H18O4. The molecule has 2 bridgehead atoms. The first kappa shape index (κ1) is 13.2. The van der Waals surface area contributed by atoms with Crippen LogP contribution in [0.2, 0.25) is 0 Å². The Kier molecular flexibility index (Phi) is 2.85. The molecule has 3 rings (SSSR count). The summed E-state index contributed by atoms with van der Waals surface area (Å²) >= 11 is 0. The third-order valence-corrected chi connectivity index (χ3v) is 4.80. The van der Waals surface area contributed by atoms with Crippen LogP contribution in [0.3, 0.4) is 0 Å². The zero-order valence-electron chi connectivity index (χ0n) is 11.7. The van der Waals surface area contributed by atoms with E-state index >= 15 is 0 Å². The topological polar surface area (TPSA) is 52.6 Å². The van der Waals surface area contributed by atoms with Gasteiger partial charge in [0.1, 0.15) is 0 Å². The summed E-state index contributed by atoms with van der Waals surface area (Å²) in [6.07, 6.45) is 12.3. The van der Waals surface area contributed by atoms with Gasteiger partial charge in [-0.25, -0.2) is 0 Å². The van der Waals surface area contributed by atoms with E-state index in [4.69, 9.17) is 9.47 Å². The Labute approximate surface area is 118 Å². The Morgan fingerprint density at radius 2 is 1.90 bits per heavy atom. The molecule has 1 spiro atoms. The van der Waals surface area contributed by atoms with Crippen LogP contribution in [0.15, 0.2) is 36.0 Å². The third kappa shape index (κ3) is 1.60. The van der Waals surface area contributed by atoms with Gasteiger partial charge in [0.25, 0.3) is 0 Å². The predicted molar refractivity (Wildman–Crippen MR) is 72.6 cm³/mol. The van der Waals surface area contributed by atoms with Gasteiger partial charge >= 0.3 is 11.9 Å². The molecule has 0 aromatic rings. The molecule has 0 amide bonds. The van der Waals surface area contributed by atoms with Crippen LogP contribution in [-0.4, -0.2) is 26.2 Å². The van der Waals surface area contributed by atoms with Crippen molar-refractivity contribution in [2.45, 2.75) is 19.3 Å². The summed E-state index contributed by atoms with van der Waals surface area (Å²) in [6, 6.07) is 0. The largest absolute Gasteiger partial charge is 0.468 e. The standard InChI is InChI=1S/C16H18O4/c1-19-13(17)16(14(18)20-2)9-12-7-11-5-3-4-6-15(12,8-11)10-16/h3-7,11H,8-10H2,1-2H3. The minimum absolute atomic E-state index is 0.198. The maximum absolute atomic E-state index is 12.2. The van der Waals surface area contributed by atoms with Crippen molar-refractivity contribution in [1.29, 1.82) is 0 Å². The summed E-state index contributed by atoms with van der Waals surface area (Å²) in [7, 11) is 2.64. The van der Waals surface area contributed by atoms with Crippen LogP contribution in [0.5, 0.6) is 0 Å². The van der Waals surface area contributed by atoms with E-state index in [0.717, 1.165) is 6.42 Å². The molecule has 0 radical (unpaired) electrons. The fraction of sp³-hybridized carbons (Fsp3) is 0.500. The highest BCUT2D eigenvalue weighted by Gasteiger charge is 2.62. The minimum Gasteiger partial charge on any atom is -0.468 e. The molecule has 20 heavy (non-hydrogen) atoms. The molecule has 0 aromatic heterocycles. The first-order chi connectivity index (χ1) is 9.56. The molecule has 2 atom stereocenters. The molecule has 4 heteroatoms. The Balaban J connectivity index is 2.05. The molecule has 3 aliphatic carbocycles. The normalized spacial score (nSPS) is 32.3. The average Bonchev–Trinajstić information content (AvgIpc) is 2.81. The lowest BCUT2D eigenvalue weighted by Crippen LogP contribution is -2.40. The second-order valence-corrected chi connectivity index (χ2v) is 5.88. The van der Waals surface area contributed by atoms with E-state index in [0.29, 0.717) is 18.8 Å². The Hall–Kier alpha value is -1.84. The monoisotopic (exact) mass is 274 g/mol. The maximum Gasteiger partial charge on any atom is 0.323 e. The van der Waals surface area contributed by atoms with Crippen LogP contribution < -0.4 is 0 Å². The maximum atomic E-state index is 12.2. The number of ether oxygens (including phenoxy) is 2. The quantitative estimate of drug-likeness (QED) is 0.440. The van der Waals surface area contributed by atoms with E-state index in [1.165, 1.54) is 19.8 Å². The highest BCUT2D eigenvalue weighted by molar-refractivity contribution is 6.01. The minimum atomic E-state index is -1.19. The number of methoxy groups -OCH3 is 2. The van der Waals surface area contributed by atoms with Crippen molar-refractivity contribution in [3.05, 3.63) is 36.0 Å². The van der Waals surface area contributed by atoms with Crippen LogP contribution >= 0.6 is 0 Å². The first-order valence-electron chi connectivity index (χ1n) is 6.80. The van der Waals surface area contributed by atoms with Gasteiger partial charge in [-0.1, -0.05) is 36.0 Å². The molecule has 2 unspecified atom stereocenters. The lowest BCUT2D eigenvalue weighted by atomic mass is 9.76. The number of fused-ring (bicyclic) bond motifs is 1. The summed E-state index contributed by atoms with van der Waals surface area (Å²) < 4.78 is 9.77. The van der Waals surface area contributed by atoms with Gasteiger partial charge in [0.05, 0.1) is 14.2 Å². The molecule has 0 aliphatic heterocycles.